The Balaban J connectivity index is 2.01. The van der Waals surface area contributed by atoms with E-state index in [0.717, 1.165) is 0 Å². The number of benzene rings is 1. The molecule has 1 amide bonds. The summed E-state index contributed by atoms with van der Waals surface area (Å²) < 4.78 is 36.4. The largest absolute Gasteiger partial charge is 0.341 e. The van der Waals surface area contributed by atoms with Crippen LogP contribution in [0, 0.1) is 11.7 Å². The summed E-state index contributed by atoms with van der Waals surface area (Å²) in [4.78, 5) is 13.7. The average molecular weight is 334 g/mol. The summed E-state index contributed by atoms with van der Waals surface area (Å²) in [6.45, 7) is 0.120. The lowest BCUT2D eigenvalue weighted by Crippen LogP contribution is -2.37. The van der Waals surface area contributed by atoms with Gasteiger partial charge in [0.15, 0.2) is 0 Å². The number of carbonyl (C=O) groups excluding carboxylic acids is 1. The molecule has 1 saturated heterocycles. The third-order valence-corrected chi connectivity index (χ3v) is 5.65. The summed E-state index contributed by atoms with van der Waals surface area (Å²) in [7, 11) is -1.41. The van der Waals surface area contributed by atoms with Crippen LogP contribution in [-0.4, -0.2) is 37.8 Å². The second-order valence-electron chi connectivity index (χ2n) is 5.36. The summed E-state index contributed by atoms with van der Waals surface area (Å²) >= 11 is 5.82. The number of halogens is 2. The van der Waals surface area contributed by atoms with Crippen LogP contribution in [0.5, 0.6) is 0 Å². The lowest BCUT2D eigenvalue weighted by atomic mass is 10.0. The fourth-order valence-corrected chi connectivity index (χ4v) is 4.13. The molecule has 0 unspecified atom stereocenters. The highest BCUT2D eigenvalue weighted by Crippen LogP contribution is 2.22. The molecule has 116 valence electrons. The molecule has 1 fully saturated rings. The van der Waals surface area contributed by atoms with Crippen LogP contribution < -0.4 is 0 Å². The van der Waals surface area contributed by atoms with Crippen molar-refractivity contribution in [1.29, 1.82) is 0 Å². The summed E-state index contributed by atoms with van der Waals surface area (Å²) in [5.41, 5.74) is 0.349. The molecule has 4 nitrogen and oxygen atoms in total. The van der Waals surface area contributed by atoms with E-state index in [4.69, 9.17) is 11.6 Å². The van der Waals surface area contributed by atoms with Gasteiger partial charge in [0.1, 0.15) is 15.7 Å². The minimum atomic E-state index is -2.99. The van der Waals surface area contributed by atoms with Crippen LogP contribution in [0.1, 0.15) is 18.4 Å². The molecular weight excluding hydrogens is 317 g/mol. The van der Waals surface area contributed by atoms with Crippen LogP contribution in [0.2, 0.25) is 5.02 Å². The molecule has 0 radical (unpaired) electrons. The third kappa shape index (κ3) is 4.17. The first-order valence-electron chi connectivity index (χ1n) is 6.68. The molecule has 0 aromatic heterocycles. The van der Waals surface area contributed by atoms with Gasteiger partial charge in [-0.1, -0.05) is 11.6 Å². The van der Waals surface area contributed by atoms with Crippen molar-refractivity contribution < 1.29 is 17.6 Å². The van der Waals surface area contributed by atoms with E-state index in [1.165, 1.54) is 23.1 Å². The van der Waals surface area contributed by atoms with Gasteiger partial charge < -0.3 is 4.90 Å². The van der Waals surface area contributed by atoms with Gasteiger partial charge in [0, 0.05) is 30.1 Å². The van der Waals surface area contributed by atoms with E-state index in [-0.39, 0.29) is 29.9 Å². The number of hydrogen-bond donors (Lipinski definition) is 0. The maximum absolute atomic E-state index is 13.7. The van der Waals surface area contributed by atoms with Gasteiger partial charge in [-0.15, -0.1) is 0 Å². The third-order valence-electron chi connectivity index (χ3n) is 3.70. The zero-order valence-electron chi connectivity index (χ0n) is 11.7. The van der Waals surface area contributed by atoms with Crippen molar-refractivity contribution >= 4 is 27.3 Å². The first-order valence-corrected chi connectivity index (χ1v) is 8.88. The Bertz CT molecular complexity index is 634. The van der Waals surface area contributed by atoms with Crippen LogP contribution in [0.15, 0.2) is 18.2 Å². The van der Waals surface area contributed by atoms with Gasteiger partial charge in [-0.05, 0) is 31.0 Å². The highest BCUT2D eigenvalue weighted by atomic mass is 35.5. The van der Waals surface area contributed by atoms with Gasteiger partial charge >= 0.3 is 0 Å². The predicted molar refractivity (Wildman–Crippen MR) is 79.3 cm³/mol. The fraction of sp³-hybridized carbons (Fsp3) is 0.500. The molecule has 7 heteroatoms. The van der Waals surface area contributed by atoms with Crippen LogP contribution in [0.25, 0.3) is 0 Å². The monoisotopic (exact) mass is 333 g/mol. The Kier molecular flexibility index (Phi) is 4.88. The molecule has 1 aliphatic rings. The Morgan fingerprint density at radius 1 is 1.38 bits per heavy atom. The zero-order valence-corrected chi connectivity index (χ0v) is 13.3. The van der Waals surface area contributed by atoms with Crippen molar-refractivity contribution in [2.45, 2.75) is 19.4 Å². The van der Waals surface area contributed by atoms with Crippen LogP contribution in [0.4, 0.5) is 4.39 Å². The van der Waals surface area contributed by atoms with Crippen molar-refractivity contribution in [2.24, 2.45) is 5.92 Å². The molecule has 2 rings (SSSR count). The highest BCUT2D eigenvalue weighted by Gasteiger charge is 2.30. The Hall–Kier alpha value is -1.14. The Morgan fingerprint density at radius 2 is 2.00 bits per heavy atom. The zero-order chi connectivity index (χ0) is 15.6. The van der Waals surface area contributed by atoms with Crippen LogP contribution in [0.3, 0.4) is 0 Å². The minimum Gasteiger partial charge on any atom is -0.341 e. The molecule has 1 heterocycles. The molecule has 0 atom stereocenters. The number of amides is 1. The molecule has 1 aromatic carbocycles. The standard InChI is InChI=1S/C14H17ClFNO3S/c1-17(9-11-8-12(15)2-3-13(11)16)14(18)10-4-6-21(19,20)7-5-10/h2-3,8,10H,4-7,9H2,1H3. The summed E-state index contributed by atoms with van der Waals surface area (Å²) in [6, 6.07) is 4.21. The van der Waals surface area contributed by atoms with Gasteiger partial charge in [0.05, 0.1) is 11.5 Å². The smallest absolute Gasteiger partial charge is 0.225 e. The summed E-state index contributed by atoms with van der Waals surface area (Å²) in [5.74, 6) is -0.777. The van der Waals surface area contributed by atoms with E-state index in [1.54, 1.807) is 7.05 Å². The average Bonchev–Trinajstić information content (AvgIpc) is 2.42. The Labute approximate surface area is 128 Å². The number of rotatable bonds is 3. The fourth-order valence-electron chi connectivity index (χ4n) is 2.45. The van der Waals surface area contributed by atoms with Crippen molar-refractivity contribution in [3.8, 4) is 0 Å². The van der Waals surface area contributed by atoms with E-state index in [0.29, 0.717) is 23.4 Å². The normalized spacial score (nSPS) is 18.4. The lowest BCUT2D eigenvalue weighted by molar-refractivity contribution is -0.135. The second kappa shape index (κ2) is 6.32. The number of sulfone groups is 1. The maximum Gasteiger partial charge on any atom is 0.225 e. The van der Waals surface area contributed by atoms with Crippen molar-refractivity contribution in [2.75, 3.05) is 18.6 Å². The predicted octanol–water partition coefficient (Wildman–Crippen LogP) is 2.26. The number of hydrogen-bond acceptors (Lipinski definition) is 3. The molecule has 0 bridgehead atoms. The number of nitrogens with zero attached hydrogens (tertiary/aromatic N) is 1. The maximum atomic E-state index is 13.7. The van der Waals surface area contributed by atoms with E-state index < -0.39 is 15.7 Å². The van der Waals surface area contributed by atoms with Gasteiger partial charge in [0.2, 0.25) is 5.91 Å². The molecule has 0 aliphatic carbocycles. The quantitative estimate of drug-likeness (QED) is 0.852. The summed E-state index contributed by atoms with van der Waals surface area (Å²) in [6.07, 6.45) is 0.674. The minimum absolute atomic E-state index is 0.0444. The van der Waals surface area contributed by atoms with Crippen molar-refractivity contribution in [3.05, 3.63) is 34.6 Å². The summed E-state index contributed by atoms with van der Waals surface area (Å²) in [5, 5.41) is 0.413. The molecule has 0 saturated carbocycles. The molecule has 0 N–H and O–H groups in total. The Morgan fingerprint density at radius 3 is 2.62 bits per heavy atom. The highest BCUT2D eigenvalue weighted by molar-refractivity contribution is 7.91. The second-order valence-corrected chi connectivity index (χ2v) is 8.10. The first-order chi connectivity index (χ1) is 9.78. The number of carbonyl (C=O) groups is 1. The van der Waals surface area contributed by atoms with Crippen molar-refractivity contribution in [1.82, 2.24) is 4.90 Å². The molecule has 1 aromatic rings. The topological polar surface area (TPSA) is 54.5 Å². The molecular formula is C14H17ClFNO3S. The van der Waals surface area contributed by atoms with Gasteiger partial charge in [-0.25, -0.2) is 12.8 Å². The van der Waals surface area contributed by atoms with Crippen LogP contribution >= 0.6 is 11.6 Å². The van der Waals surface area contributed by atoms with Gasteiger partial charge in [-0.2, -0.15) is 0 Å². The SMILES string of the molecule is CN(Cc1cc(Cl)ccc1F)C(=O)C1CCS(=O)(=O)CC1. The van der Waals surface area contributed by atoms with E-state index in [9.17, 15) is 17.6 Å². The van der Waals surface area contributed by atoms with Gasteiger partial charge in [-0.3, -0.25) is 4.79 Å². The van der Waals surface area contributed by atoms with Crippen molar-refractivity contribution in [3.63, 3.8) is 0 Å². The molecule has 1 aliphatic heterocycles. The van der Waals surface area contributed by atoms with E-state index in [2.05, 4.69) is 0 Å². The van der Waals surface area contributed by atoms with Crippen LogP contribution in [-0.2, 0) is 21.2 Å². The molecule has 0 spiro atoms. The van der Waals surface area contributed by atoms with E-state index in [1.807, 2.05) is 0 Å². The lowest BCUT2D eigenvalue weighted by Gasteiger charge is -2.26. The van der Waals surface area contributed by atoms with Gasteiger partial charge in [0.25, 0.3) is 0 Å². The first kappa shape index (κ1) is 16.2. The van der Waals surface area contributed by atoms with E-state index >= 15 is 0 Å². The molecule has 21 heavy (non-hydrogen) atoms.